The van der Waals surface area contributed by atoms with Crippen molar-refractivity contribution in [1.29, 1.82) is 0 Å². The summed E-state index contributed by atoms with van der Waals surface area (Å²) in [6, 6.07) is 0. The molecule has 0 rings (SSSR count). The molecular formula is C14H24Ni. The van der Waals surface area contributed by atoms with Gasteiger partial charge in [0.2, 0.25) is 0 Å². The molecule has 15 heavy (non-hydrogen) atoms. The Morgan fingerprint density at radius 3 is 1.20 bits per heavy atom. The van der Waals surface area contributed by atoms with E-state index < -0.39 is 0 Å². The van der Waals surface area contributed by atoms with Crippen molar-refractivity contribution in [3.8, 4) is 0 Å². The molecule has 0 amide bonds. The molecular weight excluding hydrogens is 227 g/mol. The van der Waals surface area contributed by atoms with Crippen molar-refractivity contribution in [1.82, 2.24) is 0 Å². The maximum atomic E-state index is 2.12. The number of allylic oxidation sites excluding steroid dienone is 8. The molecule has 1 heteroatoms. The maximum absolute atomic E-state index is 2.12. The fourth-order valence-corrected chi connectivity index (χ4v) is 0.652. The zero-order chi connectivity index (χ0) is 11.1. The van der Waals surface area contributed by atoms with E-state index in [9.17, 15) is 0 Å². The fourth-order valence-electron chi connectivity index (χ4n) is 0.652. The third kappa shape index (κ3) is 31.8. The molecule has 0 nitrogen and oxygen atoms in total. The van der Waals surface area contributed by atoms with Gasteiger partial charge >= 0.3 is 0 Å². The van der Waals surface area contributed by atoms with Gasteiger partial charge in [-0.1, -0.05) is 62.5 Å². The SMILES string of the molecule is CC=CC=CCC.CC=CC=CCC.[Ni]. The minimum absolute atomic E-state index is 0. The van der Waals surface area contributed by atoms with Crippen molar-refractivity contribution in [3.63, 3.8) is 0 Å². The summed E-state index contributed by atoms with van der Waals surface area (Å²) < 4.78 is 0. The Morgan fingerprint density at radius 2 is 1.00 bits per heavy atom. The molecule has 0 aliphatic heterocycles. The largest absolute Gasteiger partial charge is 0.0877 e. The maximum Gasteiger partial charge on any atom is 0 e. The summed E-state index contributed by atoms with van der Waals surface area (Å²) in [6.07, 6.45) is 18.7. The summed E-state index contributed by atoms with van der Waals surface area (Å²) in [7, 11) is 0. The molecule has 0 radical (unpaired) electrons. The van der Waals surface area contributed by atoms with Gasteiger partial charge in [-0.25, -0.2) is 0 Å². The van der Waals surface area contributed by atoms with Gasteiger partial charge < -0.3 is 0 Å². The summed E-state index contributed by atoms with van der Waals surface area (Å²) in [5.74, 6) is 0. The Balaban J connectivity index is -0.000000180. The van der Waals surface area contributed by atoms with Gasteiger partial charge in [-0.15, -0.1) is 0 Å². The summed E-state index contributed by atoms with van der Waals surface area (Å²) in [5.41, 5.74) is 0. The number of rotatable bonds is 4. The van der Waals surface area contributed by atoms with Gasteiger partial charge in [0, 0.05) is 16.5 Å². The molecule has 0 N–H and O–H groups in total. The van der Waals surface area contributed by atoms with Crippen LogP contribution in [0.25, 0.3) is 0 Å². The number of hydrogen-bond donors (Lipinski definition) is 0. The van der Waals surface area contributed by atoms with E-state index in [4.69, 9.17) is 0 Å². The van der Waals surface area contributed by atoms with E-state index in [1.54, 1.807) is 0 Å². The quantitative estimate of drug-likeness (QED) is 0.484. The van der Waals surface area contributed by atoms with Crippen LogP contribution < -0.4 is 0 Å². The molecule has 0 unspecified atom stereocenters. The van der Waals surface area contributed by atoms with E-state index in [2.05, 4.69) is 38.2 Å². The van der Waals surface area contributed by atoms with E-state index in [-0.39, 0.29) is 16.5 Å². The summed E-state index contributed by atoms with van der Waals surface area (Å²) in [4.78, 5) is 0. The predicted molar refractivity (Wildman–Crippen MR) is 68.5 cm³/mol. The van der Waals surface area contributed by atoms with Crippen LogP contribution in [-0.4, -0.2) is 0 Å². The Kier molecular flexibility index (Phi) is 31.0. The smallest absolute Gasteiger partial charge is 0 e. The molecule has 0 fully saturated rings. The van der Waals surface area contributed by atoms with Crippen molar-refractivity contribution >= 4 is 0 Å². The van der Waals surface area contributed by atoms with Gasteiger partial charge in [-0.2, -0.15) is 0 Å². The number of hydrogen-bond acceptors (Lipinski definition) is 0. The third-order valence-electron chi connectivity index (χ3n) is 1.35. The molecule has 0 aliphatic rings. The monoisotopic (exact) mass is 250 g/mol. The van der Waals surface area contributed by atoms with Crippen molar-refractivity contribution < 1.29 is 16.5 Å². The van der Waals surface area contributed by atoms with Crippen LogP contribution in [0.4, 0.5) is 0 Å². The molecule has 0 aromatic carbocycles. The second-order valence-electron chi connectivity index (χ2n) is 2.72. The second-order valence-corrected chi connectivity index (χ2v) is 2.72. The van der Waals surface area contributed by atoms with Crippen LogP contribution in [0, 0.1) is 0 Å². The zero-order valence-electron chi connectivity index (χ0n) is 10.3. The Labute approximate surface area is 106 Å². The first-order chi connectivity index (χ1) is 6.83. The summed E-state index contributed by atoms with van der Waals surface area (Å²) >= 11 is 0. The van der Waals surface area contributed by atoms with Crippen LogP contribution in [0.5, 0.6) is 0 Å². The van der Waals surface area contributed by atoms with Gasteiger partial charge in [-0.05, 0) is 26.7 Å². The molecule has 0 saturated carbocycles. The summed E-state index contributed by atoms with van der Waals surface area (Å²) in [5, 5.41) is 0. The molecule has 0 spiro atoms. The minimum Gasteiger partial charge on any atom is -0.0877 e. The molecule has 0 saturated heterocycles. The zero-order valence-corrected chi connectivity index (χ0v) is 11.3. The van der Waals surface area contributed by atoms with Gasteiger partial charge in [0.15, 0.2) is 0 Å². The molecule has 0 aromatic rings. The molecule has 0 aromatic heterocycles. The van der Waals surface area contributed by atoms with Crippen LogP contribution in [-0.2, 0) is 16.5 Å². The van der Waals surface area contributed by atoms with Gasteiger partial charge in [-0.3, -0.25) is 0 Å². The third-order valence-corrected chi connectivity index (χ3v) is 1.35. The van der Waals surface area contributed by atoms with Crippen molar-refractivity contribution in [2.45, 2.75) is 40.5 Å². The van der Waals surface area contributed by atoms with E-state index in [1.165, 1.54) is 0 Å². The summed E-state index contributed by atoms with van der Waals surface area (Å²) in [6.45, 7) is 8.28. The Hall–Kier alpha value is -0.546. The van der Waals surface area contributed by atoms with Gasteiger partial charge in [0.05, 0.1) is 0 Å². The van der Waals surface area contributed by atoms with Crippen LogP contribution >= 0.6 is 0 Å². The molecule has 0 heterocycles. The fraction of sp³-hybridized carbons (Fsp3) is 0.429. The predicted octanol–water partition coefficient (Wildman–Crippen LogP) is 5.05. The van der Waals surface area contributed by atoms with Crippen LogP contribution in [0.2, 0.25) is 0 Å². The molecule has 0 bridgehead atoms. The van der Waals surface area contributed by atoms with Crippen molar-refractivity contribution in [3.05, 3.63) is 48.6 Å². The Bertz CT molecular complexity index is 164. The minimum atomic E-state index is 0. The molecule has 0 atom stereocenters. The first-order valence-electron chi connectivity index (χ1n) is 5.39. The Morgan fingerprint density at radius 1 is 0.667 bits per heavy atom. The standard InChI is InChI=1S/2C7H12.Ni/c2*1-3-5-7-6-4-2;/h2*3,5-7H,4H2,1-2H3;. The normalized spacial score (nSPS) is 10.9. The average molecular weight is 251 g/mol. The van der Waals surface area contributed by atoms with Crippen molar-refractivity contribution in [2.75, 3.05) is 0 Å². The van der Waals surface area contributed by atoms with E-state index in [0.29, 0.717) is 0 Å². The topological polar surface area (TPSA) is 0 Å². The van der Waals surface area contributed by atoms with Crippen molar-refractivity contribution in [2.24, 2.45) is 0 Å². The molecule has 0 aliphatic carbocycles. The van der Waals surface area contributed by atoms with E-state index in [0.717, 1.165) is 12.8 Å². The average Bonchev–Trinajstić information content (AvgIpc) is 2.21. The molecule has 90 valence electrons. The van der Waals surface area contributed by atoms with Gasteiger partial charge in [0.1, 0.15) is 0 Å². The first kappa shape index (κ1) is 19.9. The van der Waals surface area contributed by atoms with E-state index >= 15 is 0 Å². The first-order valence-corrected chi connectivity index (χ1v) is 5.39. The van der Waals surface area contributed by atoms with Crippen LogP contribution in [0.15, 0.2) is 48.6 Å². The van der Waals surface area contributed by atoms with Gasteiger partial charge in [0.25, 0.3) is 0 Å². The van der Waals surface area contributed by atoms with E-state index in [1.807, 2.05) is 38.2 Å². The second kappa shape index (κ2) is 23.3. The van der Waals surface area contributed by atoms with Crippen LogP contribution in [0.1, 0.15) is 40.5 Å². The van der Waals surface area contributed by atoms with Crippen LogP contribution in [0.3, 0.4) is 0 Å².